The number of aromatic nitrogens is 1. The van der Waals surface area contributed by atoms with Crippen molar-refractivity contribution in [2.45, 2.75) is 32.7 Å². The first-order valence-electron chi connectivity index (χ1n) is 5.52. The van der Waals surface area contributed by atoms with Crippen LogP contribution in [0.15, 0.2) is 36.5 Å². The number of rotatable bonds is 6. The van der Waals surface area contributed by atoms with E-state index < -0.39 is 0 Å². The van der Waals surface area contributed by atoms with Gasteiger partial charge >= 0.3 is 0 Å². The maximum Gasteiger partial charge on any atom is 0.0573 e. The molecule has 0 aliphatic rings. The molecule has 1 aromatic heterocycles. The van der Waals surface area contributed by atoms with Crippen LogP contribution in [0.25, 0.3) is 0 Å². The molecule has 1 atom stereocenters. The van der Waals surface area contributed by atoms with E-state index >= 15 is 0 Å². The van der Waals surface area contributed by atoms with E-state index in [9.17, 15) is 0 Å². The molecule has 1 N–H and O–H groups in total. The summed E-state index contributed by atoms with van der Waals surface area (Å²) in [6, 6.07) is 6.41. The van der Waals surface area contributed by atoms with Gasteiger partial charge in [0.05, 0.1) is 5.69 Å². The highest BCUT2D eigenvalue weighted by Crippen LogP contribution is 2.17. The summed E-state index contributed by atoms with van der Waals surface area (Å²) in [6.07, 6.45) is 3.97. The topological polar surface area (TPSA) is 24.9 Å². The molecule has 0 spiro atoms. The molecular formula is C13H20N2. The maximum absolute atomic E-state index is 4.38. The van der Waals surface area contributed by atoms with Crippen LogP contribution in [0.2, 0.25) is 0 Å². The van der Waals surface area contributed by atoms with Gasteiger partial charge in [0.2, 0.25) is 0 Å². The quantitative estimate of drug-likeness (QED) is 0.720. The number of nitrogens with one attached hydrogen (secondary N) is 1. The highest BCUT2D eigenvalue weighted by atomic mass is 14.9. The van der Waals surface area contributed by atoms with Crippen LogP contribution < -0.4 is 5.32 Å². The summed E-state index contributed by atoms with van der Waals surface area (Å²) in [5.41, 5.74) is 2.36. The Labute approximate surface area is 92.4 Å². The van der Waals surface area contributed by atoms with E-state index in [1.54, 1.807) is 0 Å². The highest BCUT2D eigenvalue weighted by Gasteiger charge is 2.10. The fourth-order valence-corrected chi connectivity index (χ4v) is 1.57. The predicted molar refractivity (Wildman–Crippen MR) is 64.7 cm³/mol. The van der Waals surface area contributed by atoms with Gasteiger partial charge in [-0.25, -0.2) is 0 Å². The Bertz CT molecular complexity index is 293. The molecule has 82 valence electrons. The summed E-state index contributed by atoms with van der Waals surface area (Å²) in [5.74, 6) is 0. The van der Waals surface area contributed by atoms with E-state index in [0.29, 0.717) is 6.04 Å². The molecule has 0 radical (unpaired) electrons. The summed E-state index contributed by atoms with van der Waals surface area (Å²) >= 11 is 0. The Morgan fingerprint density at radius 2 is 2.33 bits per heavy atom. The molecule has 1 heterocycles. The highest BCUT2D eigenvalue weighted by molar-refractivity contribution is 5.09. The Hall–Kier alpha value is -1.15. The van der Waals surface area contributed by atoms with Crippen LogP contribution in [-0.4, -0.2) is 11.5 Å². The SMILES string of the molecule is C=C(C)CCC(NCC)c1ccccn1. The molecule has 1 unspecified atom stereocenters. The van der Waals surface area contributed by atoms with Gasteiger partial charge in [-0.2, -0.15) is 0 Å². The van der Waals surface area contributed by atoms with E-state index in [1.807, 2.05) is 18.3 Å². The maximum atomic E-state index is 4.38. The lowest BCUT2D eigenvalue weighted by Gasteiger charge is -2.17. The Kier molecular flexibility index (Phi) is 5.05. The zero-order chi connectivity index (χ0) is 11.1. The molecule has 0 aliphatic heterocycles. The molecule has 0 aliphatic carbocycles. The predicted octanol–water partition coefficient (Wildman–Crippen LogP) is 3.09. The van der Waals surface area contributed by atoms with Crippen molar-refractivity contribution in [1.29, 1.82) is 0 Å². The van der Waals surface area contributed by atoms with Crippen LogP contribution in [0.5, 0.6) is 0 Å². The van der Waals surface area contributed by atoms with Gasteiger partial charge in [-0.3, -0.25) is 4.98 Å². The second-order valence-electron chi connectivity index (χ2n) is 3.86. The van der Waals surface area contributed by atoms with E-state index in [1.165, 1.54) is 5.57 Å². The molecule has 0 bridgehead atoms. The zero-order valence-corrected chi connectivity index (χ0v) is 9.66. The van der Waals surface area contributed by atoms with Gasteiger partial charge in [0, 0.05) is 12.2 Å². The minimum absolute atomic E-state index is 0.355. The van der Waals surface area contributed by atoms with Crippen LogP contribution in [0.3, 0.4) is 0 Å². The average Bonchev–Trinajstić information content (AvgIpc) is 2.25. The van der Waals surface area contributed by atoms with Gasteiger partial charge in [0.25, 0.3) is 0 Å². The van der Waals surface area contributed by atoms with Crippen molar-refractivity contribution < 1.29 is 0 Å². The lowest BCUT2D eigenvalue weighted by Crippen LogP contribution is -2.21. The molecule has 1 aromatic rings. The van der Waals surface area contributed by atoms with E-state index in [2.05, 4.69) is 36.8 Å². The first-order chi connectivity index (χ1) is 7.24. The third-order valence-corrected chi connectivity index (χ3v) is 2.36. The Morgan fingerprint density at radius 1 is 1.53 bits per heavy atom. The van der Waals surface area contributed by atoms with E-state index in [0.717, 1.165) is 25.1 Å². The standard InChI is InChI=1S/C13H20N2/c1-4-14-13(9-8-11(2)3)12-7-5-6-10-15-12/h5-7,10,13-14H,2,4,8-9H2,1,3H3. The molecular weight excluding hydrogens is 184 g/mol. The minimum atomic E-state index is 0.355. The zero-order valence-electron chi connectivity index (χ0n) is 9.66. The molecule has 0 amide bonds. The molecule has 0 saturated heterocycles. The van der Waals surface area contributed by atoms with Crippen LogP contribution in [0.1, 0.15) is 38.4 Å². The largest absolute Gasteiger partial charge is 0.309 e. The van der Waals surface area contributed by atoms with Gasteiger partial charge in [0.1, 0.15) is 0 Å². The molecule has 2 nitrogen and oxygen atoms in total. The first kappa shape index (κ1) is 11.9. The van der Waals surface area contributed by atoms with Gasteiger partial charge in [0.15, 0.2) is 0 Å². The smallest absolute Gasteiger partial charge is 0.0573 e. The Morgan fingerprint density at radius 3 is 2.87 bits per heavy atom. The normalized spacial score (nSPS) is 12.4. The summed E-state index contributed by atoms with van der Waals surface area (Å²) in [4.78, 5) is 4.38. The van der Waals surface area contributed by atoms with Crippen LogP contribution >= 0.6 is 0 Å². The summed E-state index contributed by atoms with van der Waals surface area (Å²) in [6.45, 7) is 9.09. The molecule has 1 rings (SSSR count). The van der Waals surface area contributed by atoms with Crippen molar-refractivity contribution in [3.05, 3.63) is 42.2 Å². The monoisotopic (exact) mass is 204 g/mol. The van der Waals surface area contributed by atoms with Crippen LogP contribution in [-0.2, 0) is 0 Å². The second kappa shape index (κ2) is 6.36. The van der Waals surface area contributed by atoms with Crippen LogP contribution in [0.4, 0.5) is 0 Å². The first-order valence-corrected chi connectivity index (χ1v) is 5.52. The number of nitrogens with zero attached hydrogens (tertiary/aromatic N) is 1. The van der Waals surface area contributed by atoms with Gasteiger partial charge in [-0.15, -0.1) is 6.58 Å². The van der Waals surface area contributed by atoms with Crippen molar-refractivity contribution in [3.63, 3.8) is 0 Å². The number of hydrogen-bond donors (Lipinski definition) is 1. The number of allylic oxidation sites excluding steroid dienone is 1. The third kappa shape index (κ3) is 4.26. The summed E-state index contributed by atoms with van der Waals surface area (Å²) in [7, 11) is 0. The van der Waals surface area contributed by atoms with E-state index in [4.69, 9.17) is 0 Å². The van der Waals surface area contributed by atoms with Crippen molar-refractivity contribution in [2.75, 3.05) is 6.54 Å². The average molecular weight is 204 g/mol. The van der Waals surface area contributed by atoms with Crippen molar-refractivity contribution in [1.82, 2.24) is 10.3 Å². The molecule has 0 saturated carbocycles. The van der Waals surface area contributed by atoms with Crippen molar-refractivity contribution >= 4 is 0 Å². The van der Waals surface area contributed by atoms with Crippen molar-refractivity contribution in [3.8, 4) is 0 Å². The number of pyridine rings is 1. The fourth-order valence-electron chi connectivity index (χ4n) is 1.57. The number of hydrogen-bond acceptors (Lipinski definition) is 2. The summed E-state index contributed by atoms with van der Waals surface area (Å²) < 4.78 is 0. The second-order valence-corrected chi connectivity index (χ2v) is 3.86. The van der Waals surface area contributed by atoms with Gasteiger partial charge < -0.3 is 5.32 Å². The summed E-state index contributed by atoms with van der Waals surface area (Å²) in [5, 5.41) is 3.45. The van der Waals surface area contributed by atoms with Gasteiger partial charge in [-0.05, 0) is 38.4 Å². The molecule has 15 heavy (non-hydrogen) atoms. The fraction of sp³-hybridized carbons (Fsp3) is 0.462. The lowest BCUT2D eigenvalue weighted by molar-refractivity contribution is 0.503. The third-order valence-electron chi connectivity index (χ3n) is 2.36. The molecule has 0 fully saturated rings. The van der Waals surface area contributed by atoms with E-state index in [-0.39, 0.29) is 0 Å². The van der Waals surface area contributed by atoms with Crippen molar-refractivity contribution in [2.24, 2.45) is 0 Å². The lowest BCUT2D eigenvalue weighted by atomic mass is 10.0. The molecule has 2 heteroatoms. The molecule has 0 aromatic carbocycles. The van der Waals surface area contributed by atoms with Crippen LogP contribution in [0, 0.1) is 0 Å². The van der Waals surface area contributed by atoms with Gasteiger partial charge in [-0.1, -0.05) is 18.6 Å². The Balaban J connectivity index is 2.61. The minimum Gasteiger partial charge on any atom is -0.309 e.